The molecule has 0 amide bonds. The lowest BCUT2D eigenvalue weighted by Gasteiger charge is -2.13. The quantitative estimate of drug-likeness (QED) is 0.867. The van der Waals surface area contributed by atoms with Crippen LogP contribution < -0.4 is 10.6 Å². The zero-order valence-electron chi connectivity index (χ0n) is 13.6. The van der Waals surface area contributed by atoms with Gasteiger partial charge in [-0.05, 0) is 26.2 Å². The van der Waals surface area contributed by atoms with Gasteiger partial charge in [-0.25, -0.2) is 4.98 Å². The van der Waals surface area contributed by atoms with Crippen molar-refractivity contribution in [3.8, 4) is 0 Å². The summed E-state index contributed by atoms with van der Waals surface area (Å²) in [5, 5.41) is 9.93. The van der Waals surface area contributed by atoms with E-state index in [1.807, 2.05) is 11.6 Å². The van der Waals surface area contributed by atoms with Crippen LogP contribution >= 0.6 is 0 Å². The number of rotatable bonds is 5. The molecular formula is C15H19F3N6. The van der Waals surface area contributed by atoms with Crippen molar-refractivity contribution in [2.75, 3.05) is 17.2 Å². The van der Waals surface area contributed by atoms with Crippen LogP contribution in [0, 0.1) is 12.8 Å². The number of hydrogen-bond acceptors (Lipinski definition) is 5. The number of nitrogens with one attached hydrogen (secondary N) is 2. The predicted octanol–water partition coefficient (Wildman–Crippen LogP) is 3.76. The van der Waals surface area contributed by atoms with E-state index in [0.717, 1.165) is 18.3 Å². The number of halogens is 3. The van der Waals surface area contributed by atoms with Gasteiger partial charge in [-0.15, -0.1) is 0 Å². The minimum atomic E-state index is -4.50. The van der Waals surface area contributed by atoms with E-state index in [9.17, 15) is 13.2 Å². The molecule has 2 heterocycles. The Kier molecular flexibility index (Phi) is 4.10. The third-order valence-electron chi connectivity index (χ3n) is 4.11. The molecule has 6 nitrogen and oxygen atoms in total. The zero-order valence-corrected chi connectivity index (χ0v) is 13.6. The molecule has 2 atom stereocenters. The maximum absolute atomic E-state index is 13.0. The van der Waals surface area contributed by atoms with Crippen LogP contribution in [0.2, 0.25) is 0 Å². The summed E-state index contributed by atoms with van der Waals surface area (Å²) >= 11 is 0. The minimum absolute atomic E-state index is 0.102. The van der Waals surface area contributed by atoms with Crippen molar-refractivity contribution in [2.45, 2.75) is 39.4 Å². The molecule has 130 valence electrons. The van der Waals surface area contributed by atoms with Crippen molar-refractivity contribution < 1.29 is 13.2 Å². The Balaban J connectivity index is 1.85. The van der Waals surface area contributed by atoms with E-state index in [0.29, 0.717) is 24.2 Å². The first kappa shape index (κ1) is 16.5. The Bertz CT molecular complexity index is 739. The molecule has 0 saturated heterocycles. The summed E-state index contributed by atoms with van der Waals surface area (Å²) < 4.78 is 40.9. The Morgan fingerprint density at radius 1 is 1.33 bits per heavy atom. The van der Waals surface area contributed by atoms with Crippen molar-refractivity contribution in [1.82, 2.24) is 19.7 Å². The molecule has 2 aromatic heterocycles. The van der Waals surface area contributed by atoms with Crippen LogP contribution in [0.25, 0.3) is 0 Å². The molecule has 1 saturated carbocycles. The van der Waals surface area contributed by atoms with Crippen LogP contribution in [0.1, 0.15) is 37.6 Å². The molecule has 0 radical (unpaired) electrons. The van der Waals surface area contributed by atoms with Crippen molar-refractivity contribution in [2.24, 2.45) is 5.92 Å². The summed E-state index contributed by atoms with van der Waals surface area (Å²) in [5.41, 5.74) is 0.725. The second-order valence-corrected chi connectivity index (χ2v) is 5.98. The highest BCUT2D eigenvalue weighted by atomic mass is 19.4. The van der Waals surface area contributed by atoms with Crippen LogP contribution in [-0.2, 0) is 6.18 Å². The highest BCUT2D eigenvalue weighted by Gasteiger charge is 2.37. The Hall–Kier alpha value is -2.32. The average molecular weight is 340 g/mol. The zero-order chi connectivity index (χ0) is 17.5. The van der Waals surface area contributed by atoms with Gasteiger partial charge in [0.1, 0.15) is 11.4 Å². The fraction of sp³-hybridized carbons (Fsp3) is 0.533. The van der Waals surface area contributed by atoms with Gasteiger partial charge in [0.2, 0.25) is 5.95 Å². The number of nitrogens with zero attached hydrogens (tertiary/aromatic N) is 4. The smallest absolute Gasteiger partial charge is 0.370 e. The summed E-state index contributed by atoms with van der Waals surface area (Å²) in [5.74, 6) is 0.466. The molecule has 0 spiro atoms. The molecule has 1 aliphatic rings. The van der Waals surface area contributed by atoms with E-state index in [1.54, 1.807) is 13.1 Å². The third-order valence-corrected chi connectivity index (χ3v) is 4.11. The molecule has 3 rings (SSSR count). The van der Waals surface area contributed by atoms with Crippen LogP contribution in [-0.4, -0.2) is 26.3 Å². The lowest BCUT2D eigenvalue weighted by atomic mass is 10.3. The van der Waals surface area contributed by atoms with Crippen LogP contribution in [0.15, 0.2) is 12.4 Å². The van der Waals surface area contributed by atoms with Crippen molar-refractivity contribution in [3.05, 3.63) is 23.7 Å². The predicted molar refractivity (Wildman–Crippen MR) is 84.3 cm³/mol. The van der Waals surface area contributed by atoms with E-state index >= 15 is 0 Å². The van der Waals surface area contributed by atoms with Gasteiger partial charge in [-0.3, -0.25) is 4.68 Å². The molecular weight excluding hydrogens is 321 g/mol. The summed E-state index contributed by atoms with van der Waals surface area (Å²) in [7, 11) is 0. The van der Waals surface area contributed by atoms with Crippen LogP contribution in [0.5, 0.6) is 0 Å². The van der Waals surface area contributed by atoms with Crippen molar-refractivity contribution in [1.29, 1.82) is 0 Å². The van der Waals surface area contributed by atoms with E-state index in [4.69, 9.17) is 0 Å². The molecule has 0 aliphatic heterocycles. The standard InChI is InChI=1S/C15H19F3N6/c1-4-19-13-10(15(16,17)18)6-20-14(23-13)22-11-7-21-24(9(11)3)12-5-8(12)2/h6-8,12H,4-5H2,1-3H3,(H2,19,20,22,23)/t8-,12?/m1/s1. The number of hydrogen-bond donors (Lipinski definition) is 2. The molecule has 0 aromatic carbocycles. The van der Waals surface area contributed by atoms with E-state index in [2.05, 4.69) is 32.6 Å². The first-order valence-electron chi connectivity index (χ1n) is 7.80. The SMILES string of the molecule is CCNc1nc(Nc2cnn(C3C[C@H]3C)c2C)ncc1C(F)(F)F. The molecule has 0 bridgehead atoms. The highest BCUT2D eigenvalue weighted by molar-refractivity contribution is 5.58. The first-order valence-corrected chi connectivity index (χ1v) is 7.80. The minimum Gasteiger partial charge on any atom is -0.370 e. The van der Waals surface area contributed by atoms with Gasteiger partial charge in [0.15, 0.2) is 0 Å². The monoisotopic (exact) mass is 340 g/mol. The van der Waals surface area contributed by atoms with Gasteiger partial charge in [-0.1, -0.05) is 6.92 Å². The van der Waals surface area contributed by atoms with Gasteiger partial charge < -0.3 is 10.6 Å². The Labute approximate surface area is 137 Å². The Morgan fingerprint density at radius 2 is 2.04 bits per heavy atom. The van der Waals surface area contributed by atoms with Crippen molar-refractivity contribution in [3.63, 3.8) is 0 Å². The fourth-order valence-electron chi connectivity index (χ4n) is 2.60. The van der Waals surface area contributed by atoms with Gasteiger partial charge in [0, 0.05) is 12.7 Å². The Morgan fingerprint density at radius 3 is 2.62 bits per heavy atom. The van der Waals surface area contributed by atoms with Gasteiger partial charge in [-0.2, -0.15) is 23.3 Å². The molecule has 1 fully saturated rings. The second-order valence-electron chi connectivity index (χ2n) is 5.98. The van der Waals surface area contributed by atoms with Gasteiger partial charge in [0.05, 0.1) is 23.6 Å². The van der Waals surface area contributed by atoms with Crippen molar-refractivity contribution >= 4 is 17.5 Å². The molecule has 1 unspecified atom stereocenters. The van der Waals surface area contributed by atoms with Gasteiger partial charge >= 0.3 is 6.18 Å². The summed E-state index contributed by atoms with van der Waals surface area (Å²) in [6, 6.07) is 0.395. The highest BCUT2D eigenvalue weighted by Crippen LogP contribution is 2.43. The summed E-state index contributed by atoms with van der Waals surface area (Å²) in [6.45, 7) is 6.10. The fourth-order valence-corrected chi connectivity index (χ4v) is 2.60. The molecule has 2 aromatic rings. The van der Waals surface area contributed by atoms with E-state index in [1.165, 1.54) is 0 Å². The molecule has 9 heteroatoms. The largest absolute Gasteiger partial charge is 0.421 e. The lowest BCUT2D eigenvalue weighted by Crippen LogP contribution is -2.14. The molecule has 1 aliphatic carbocycles. The lowest BCUT2D eigenvalue weighted by molar-refractivity contribution is -0.137. The summed E-state index contributed by atoms with van der Waals surface area (Å²) in [6.07, 6.45) is -0.980. The first-order chi connectivity index (χ1) is 11.3. The maximum atomic E-state index is 13.0. The molecule has 24 heavy (non-hydrogen) atoms. The number of alkyl halides is 3. The second kappa shape index (κ2) is 5.95. The van der Waals surface area contributed by atoms with E-state index in [-0.39, 0.29) is 11.8 Å². The number of aromatic nitrogens is 4. The normalized spacial score (nSPS) is 20.1. The van der Waals surface area contributed by atoms with E-state index < -0.39 is 11.7 Å². The van der Waals surface area contributed by atoms with Crippen LogP contribution in [0.4, 0.5) is 30.6 Å². The van der Waals surface area contributed by atoms with Crippen LogP contribution in [0.3, 0.4) is 0 Å². The topological polar surface area (TPSA) is 67.7 Å². The third kappa shape index (κ3) is 3.15. The maximum Gasteiger partial charge on any atom is 0.421 e. The number of anilines is 3. The average Bonchev–Trinajstić information content (AvgIpc) is 3.11. The molecule has 2 N–H and O–H groups in total. The summed E-state index contributed by atoms with van der Waals surface area (Å²) in [4.78, 5) is 7.75. The van der Waals surface area contributed by atoms with Gasteiger partial charge in [0.25, 0.3) is 0 Å².